The van der Waals surface area contributed by atoms with Gasteiger partial charge in [0, 0.05) is 18.7 Å². The Morgan fingerprint density at radius 3 is 2.65 bits per heavy atom. The van der Waals surface area contributed by atoms with E-state index in [4.69, 9.17) is 0 Å². The number of hydrogen-bond acceptors (Lipinski definition) is 2. The smallest absolute Gasteiger partial charge is 0.322 e. The van der Waals surface area contributed by atoms with Gasteiger partial charge < -0.3 is 10.2 Å². The van der Waals surface area contributed by atoms with Crippen molar-refractivity contribution in [3.8, 4) is 0 Å². The van der Waals surface area contributed by atoms with Crippen molar-refractivity contribution in [1.82, 2.24) is 15.1 Å². The maximum atomic E-state index is 14.4. The Bertz CT molecular complexity index is 836. The number of halogens is 1. The molecule has 5 rings (SSSR count). The van der Waals surface area contributed by atoms with Gasteiger partial charge in [-0.25, -0.2) is 9.18 Å². The summed E-state index contributed by atoms with van der Waals surface area (Å²) >= 11 is 0. The number of nitrogens with zero attached hydrogens (tertiary/aromatic N) is 2. The number of fused-ring (bicyclic) bond motifs is 2. The third-order valence-electron chi connectivity index (χ3n) is 6.71. The third kappa shape index (κ3) is 2.14. The second-order valence-electron chi connectivity index (χ2n) is 8.00. The van der Waals surface area contributed by atoms with E-state index in [1.54, 1.807) is 25.2 Å². The molecule has 4 unspecified atom stereocenters. The maximum Gasteiger partial charge on any atom is 0.322 e. The van der Waals surface area contributed by atoms with Gasteiger partial charge in [-0.15, -0.1) is 0 Å². The Morgan fingerprint density at radius 1 is 1.15 bits per heavy atom. The second kappa shape index (κ2) is 5.56. The number of nitrogens with one attached hydrogen (secondary N) is 1. The van der Waals surface area contributed by atoms with Crippen LogP contribution in [-0.2, 0) is 4.79 Å². The van der Waals surface area contributed by atoms with Crippen LogP contribution >= 0.6 is 0 Å². The highest BCUT2D eigenvalue weighted by Crippen LogP contribution is 2.49. The molecule has 5 nitrogen and oxygen atoms in total. The van der Waals surface area contributed by atoms with Crippen LogP contribution in [0.2, 0.25) is 0 Å². The van der Waals surface area contributed by atoms with Gasteiger partial charge in [0.25, 0.3) is 5.91 Å². The lowest BCUT2D eigenvalue weighted by Gasteiger charge is -2.32. The molecule has 0 spiro atoms. The van der Waals surface area contributed by atoms with Crippen LogP contribution in [0.25, 0.3) is 0 Å². The molecular weight excluding hydrogens is 333 g/mol. The van der Waals surface area contributed by atoms with E-state index in [2.05, 4.69) is 5.32 Å². The molecular formula is C20H22FN3O2. The zero-order valence-corrected chi connectivity index (χ0v) is 14.7. The number of benzene rings is 1. The second-order valence-corrected chi connectivity index (χ2v) is 8.00. The van der Waals surface area contributed by atoms with Gasteiger partial charge in [-0.05, 0) is 37.2 Å². The number of rotatable bonds is 2. The van der Waals surface area contributed by atoms with E-state index in [0.29, 0.717) is 23.6 Å². The topological polar surface area (TPSA) is 52.7 Å². The van der Waals surface area contributed by atoms with Crippen molar-refractivity contribution < 1.29 is 14.0 Å². The van der Waals surface area contributed by atoms with Crippen molar-refractivity contribution in [2.24, 2.45) is 11.8 Å². The van der Waals surface area contributed by atoms with Crippen molar-refractivity contribution in [3.63, 3.8) is 0 Å². The molecule has 1 N–H and O–H groups in total. The number of urea groups is 1. The van der Waals surface area contributed by atoms with E-state index < -0.39 is 11.9 Å². The summed E-state index contributed by atoms with van der Waals surface area (Å²) in [5.74, 6) is 0.861. The van der Waals surface area contributed by atoms with E-state index in [-0.39, 0.29) is 18.0 Å². The molecule has 0 saturated heterocycles. The summed E-state index contributed by atoms with van der Waals surface area (Å²) in [6, 6.07) is 5.61. The predicted molar refractivity (Wildman–Crippen MR) is 93.4 cm³/mol. The van der Waals surface area contributed by atoms with Crippen LogP contribution in [0, 0.1) is 17.7 Å². The largest absolute Gasteiger partial charge is 0.330 e. The molecule has 2 heterocycles. The molecule has 2 fully saturated rings. The summed E-state index contributed by atoms with van der Waals surface area (Å²) in [7, 11) is 1.68. The lowest BCUT2D eigenvalue weighted by atomic mass is 9.93. The normalized spacial score (nSPS) is 33.2. The predicted octanol–water partition coefficient (Wildman–Crippen LogP) is 2.81. The molecule has 2 aliphatic heterocycles. The standard InChI is InChI=1S/C20H22FN3O2/c1-23-16-10-24(15-9-11-6-7-12(15)8-11)19(25)17(16)18(22-20(23)26)13-4-2-3-5-14(13)21/h2-5,11-12,15,18H,6-10H2,1H3,(H,22,26). The van der Waals surface area contributed by atoms with Crippen molar-refractivity contribution in [2.75, 3.05) is 13.6 Å². The van der Waals surface area contributed by atoms with Crippen LogP contribution in [-0.4, -0.2) is 41.4 Å². The van der Waals surface area contributed by atoms with E-state index in [1.165, 1.54) is 30.2 Å². The molecule has 0 aromatic heterocycles. The number of likely N-dealkylation sites (N-methyl/N-ethyl adjacent to an activating group) is 1. The molecule has 0 radical (unpaired) electrons. The van der Waals surface area contributed by atoms with Gasteiger partial charge in [-0.3, -0.25) is 9.69 Å². The third-order valence-corrected chi connectivity index (χ3v) is 6.71. The fourth-order valence-corrected chi connectivity index (χ4v) is 5.39. The first-order valence-electron chi connectivity index (χ1n) is 9.37. The summed E-state index contributed by atoms with van der Waals surface area (Å²) in [5.41, 5.74) is 1.60. The molecule has 4 atom stereocenters. The molecule has 3 amide bonds. The monoisotopic (exact) mass is 355 g/mol. The first-order chi connectivity index (χ1) is 12.5. The van der Waals surface area contributed by atoms with Crippen molar-refractivity contribution in [2.45, 2.75) is 37.8 Å². The van der Waals surface area contributed by atoms with Crippen LogP contribution < -0.4 is 5.32 Å². The van der Waals surface area contributed by atoms with Crippen LogP contribution in [0.5, 0.6) is 0 Å². The lowest BCUT2D eigenvalue weighted by molar-refractivity contribution is -0.128. The van der Waals surface area contributed by atoms with E-state index >= 15 is 0 Å². The summed E-state index contributed by atoms with van der Waals surface area (Å²) in [6.45, 7) is 0.455. The van der Waals surface area contributed by atoms with E-state index in [0.717, 1.165) is 18.0 Å². The molecule has 136 valence electrons. The molecule has 26 heavy (non-hydrogen) atoms. The maximum absolute atomic E-state index is 14.4. The molecule has 1 aromatic carbocycles. The Kier molecular flexibility index (Phi) is 3.39. The Hall–Kier alpha value is -2.37. The molecule has 2 saturated carbocycles. The van der Waals surface area contributed by atoms with Gasteiger partial charge in [0.15, 0.2) is 0 Å². The number of carbonyl (C=O) groups is 2. The quantitative estimate of drug-likeness (QED) is 0.887. The van der Waals surface area contributed by atoms with Gasteiger partial charge in [0.2, 0.25) is 0 Å². The lowest BCUT2D eigenvalue weighted by Crippen LogP contribution is -2.45. The Balaban J connectivity index is 1.53. The van der Waals surface area contributed by atoms with Crippen LogP contribution in [0.3, 0.4) is 0 Å². The molecule has 4 aliphatic rings. The van der Waals surface area contributed by atoms with Crippen molar-refractivity contribution in [1.29, 1.82) is 0 Å². The zero-order chi connectivity index (χ0) is 18.0. The molecule has 2 aliphatic carbocycles. The first-order valence-corrected chi connectivity index (χ1v) is 9.37. The average molecular weight is 355 g/mol. The van der Waals surface area contributed by atoms with Crippen LogP contribution in [0.4, 0.5) is 9.18 Å². The average Bonchev–Trinajstić information content (AvgIpc) is 3.33. The van der Waals surface area contributed by atoms with E-state index in [1.807, 2.05) is 4.90 Å². The summed E-state index contributed by atoms with van der Waals surface area (Å²) in [5, 5.41) is 2.81. The number of amides is 3. The van der Waals surface area contributed by atoms with Gasteiger partial charge in [-0.2, -0.15) is 0 Å². The van der Waals surface area contributed by atoms with Gasteiger partial charge in [-0.1, -0.05) is 24.6 Å². The number of carbonyl (C=O) groups excluding carboxylic acids is 2. The first kappa shape index (κ1) is 15.9. The molecule has 6 heteroatoms. The van der Waals surface area contributed by atoms with E-state index in [9.17, 15) is 14.0 Å². The Labute approximate surface area is 151 Å². The SMILES string of the molecule is CN1C(=O)NC(c2ccccc2F)C2=C1CN(C1CC3CCC1C3)C2=O. The summed E-state index contributed by atoms with van der Waals surface area (Å²) in [6.07, 6.45) is 4.73. The minimum Gasteiger partial charge on any atom is -0.330 e. The molecule has 2 bridgehead atoms. The minimum atomic E-state index is -0.717. The van der Waals surface area contributed by atoms with Gasteiger partial charge in [0.1, 0.15) is 5.82 Å². The fraction of sp³-hybridized carbons (Fsp3) is 0.500. The minimum absolute atomic E-state index is 0.0438. The van der Waals surface area contributed by atoms with Crippen molar-refractivity contribution in [3.05, 3.63) is 46.9 Å². The van der Waals surface area contributed by atoms with Crippen LogP contribution in [0.15, 0.2) is 35.5 Å². The highest BCUT2D eigenvalue weighted by Gasteiger charge is 2.50. The van der Waals surface area contributed by atoms with Crippen molar-refractivity contribution >= 4 is 11.9 Å². The zero-order valence-electron chi connectivity index (χ0n) is 14.7. The Morgan fingerprint density at radius 2 is 1.96 bits per heavy atom. The summed E-state index contributed by atoms with van der Waals surface area (Å²) in [4.78, 5) is 29.2. The highest BCUT2D eigenvalue weighted by atomic mass is 19.1. The summed E-state index contributed by atoms with van der Waals surface area (Å²) < 4.78 is 14.4. The van der Waals surface area contributed by atoms with Gasteiger partial charge >= 0.3 is 6.03 Å². The van der Waals surface area contributed by atoms with Crippen LogP contribution in [0.1, 0.15) is 37.3 Å². The fourth-order valence-electron chi connectivity index (χ4n) is 5.39. The van der Waals surface area contributed by atoms with Gasteiger partial charge in [0.05, 0.1) is 23.9 Å². The molecule has 1 aromatic rings. The highest BCUT2D eigenvalue weighted by molar-refractivity contribution is 6.01. The number of hydrogen-bond donors (Lipinski definition) is 1.